The van der Waals surface area contributed by atoms with Gasteiger partial charge in [0.1, 0.15) is 5.25 Å². The van der Waals surface area contributed by atoms with Crippen molar-refractivity contribution >= 4 is 57.7 Å². The van der Waals surface area contributed by atoms with Gasteiger partial charge in [0.15, 0.2) is 16.6 Å². The molecule has 0 aliphatic heterocycles. The summed E-state index contributed by atoms with van der Waals surface area (Å²) in [6.07, 6.45) is 0. The number of aromatic carboxylic acids is 2. The number of carboxylic acids is 2. The first-order chi connectivity index (χ1) is 22.7. The molecule has 0 radical (unpaired) electrons. The summed E-state index contributed by atoms with van der Waals surface area (Å²) in [7, 11) is 3.11. The summed E-state index contributed by atoms with van der Waals surface area (Å²) in [5.74, 6) is -2.64. The number of thiazole rings is 1. The lowest BCUT2D eigenvalue weighted by Crippen LogP contribution is -2.19. The number of carbonyl (C=O) groups excluding carboxylic acids is 2. The van der Waals surface area contributed by atoms with Gasteiger partial charge in [-0.25, -0.2) is 14.6 Å². The van der Waals surface area contributed by atoms with Crippen LogP contribution in [0.25, 0.3) is 11.3 Å². The zero-order chi connectivity index (χ0) is 33.5. The van der Waals surface area contributed by atoms with E-state index in [1.165, 1.54) is 23.1 Å². The highest BCUT2D eigenvalue weighted by atomic mass is 32.2. The first kappa shape index (κ1) is 32.7. The maximum absolute atomic E-state index is 13.7. The summed E-state index contributed by atoms with van der Waals surface area (Å²) in [4.78, 5) is 55.1. The molecule has 11 nitrogen and oxygen atoms in total. The molecule has 0 aliphatic rings. The van der Waals surface area contributed by atoms with E-state index in [1.807, 2.05) is 41.8 Å². The fourth-order valence-corrected chi connectivity index (χ4v) is 6.37. The number of hydrogen-bond donors (Lipinski definition) is 4. The minimum absolute atomic E-state index is 0.196. The van der Waals surface area contributed by atoms with Gasteiger partial charge in [-0.1, -0.05) is 36.4 Å². The Kier molecular flexibility index (Phi) is 10.2. The lowest BCUT2D eigenvalue weighted by atomic mass is 10.0. The summed E-state index contributed by atoms with van der Waals surface area (Å²) >= 11 is 2.54. The van der Waals surface area contributed by atoms with Crippen molar-refractivity contribution in [3.8, 4) is 22.8 Å². The Morgan fingerprint density at radius 1 is 0.787 bits per heavy atom. The maximum Gasteiger partial charge on any atom is 0.336 e. The van der Waals surface area contributed by atoms with E-state index in [-0.39, 0.29) is 17.0 Å². The third-order valence-electron chi connectivity index (χ3n) is 6.84. The maximum atomic E-state index is 13.7. The monoisotopic (exact) mass is 669 g/mol. The Morgan fingerprint density at radius 3 is 2.26 bits per heavy atom. The van der Waals surface area contributed by atoms with Gasteiger partial charge in [0.25, 0.3) is 5.91 Å². The van der Waals surface area contributed by atoms with Crippen molar-refractivity contribution in [3.63, 3.8) is 0 Å². The second-order valence-electron chi connectivity index (χ2n) is 9.86. The number of hydrogen-bond acceptors (Lipinski definition) is 9. The van der Waals surface area contributed by atoms with Gasteiger partial charge < -0.3 is 30.3 Å². The smallest absolute Gasteiger partial charge is 0.336 e. The second kappa shape index (κ2) is 14.6. The summed E-state index contributed by atoms with van der Waals surface area (Å²) in [5.41, 5.74) is 1.65. The number of methoxy groups -OCH3 is 2. The van der Waals surface area contributed by atoms with Crippen LogP contribution in [-0.4, -0.2) is 53.2 Å². The molecule has 47 heavy (non-hydrogen) atoms. The molecule has 4 aromatic carbocycles. The van der Waals surface area contributed by atoms with E-state index in [2.05, 4.69) is 15.6 Å². The number of nitrogens with one attached hydrogen (secondary N) is 2. The Bertz CT molecular complexity index is 1960. The normalized spacial score (nSPS) is 11.3. The highest BCUT2D eigenvalue weighted by Crippen LogP contribution is 2.38. The molecule has 5 rings (SSSR count). The van der Waals surface area contributed by atoms with Crippen molar-refractivity contribution in [3.05, 3.63) is 119 Å². The largest absolute Gasteiger partial charge is 0.493 e. The summed E-state index contributed by atoms with van der Waals surface area (Å²) in [5, 5.41) is 25.9. The average molecular weight is 670 g/mol. The highest BCUT2D eigenvalue weighted by Gasteiger charge is 2.24. The van der Waals surface area contributed by atoms with Crippen LogP contribution in [0.1, 0.15) is 41.9 Å². The van der Waals surface area contributed by atoms with Crippen LogP contribution in [0.15, 0.2) is 101 Å². The zero-order valence-corrected chi connectivity index (χ0v) is 26.6. The number of anilines is 2. The van der Waals surface area contributed by atoms with Gasteiger partial charge in [-0.05, 0) is 60.2 Å². The van der Waals surface area contributed by atoms with Crippen LogP contribution in [-0.2, 0) is 4.79 Å². The molecule has 2 amide bonds. The molecule has 0 bridgehead atoms. The molecule has 1 atom stereocenters. The number of carboxylic acid groups (broad SMARTS) is 2. The molecule has 1 heterocycles. The molecule has 0 aliphatic carbocycles. The van der Waals surface area contributed by atoms with Crippen LogP contribution in [0.3, 0.4) is 0 Å². The van der Waals surface area contributed by atoms with Crippen LogP contribution < -0.4 is 20.1 Å². The number of nitrogens with zero attached hydrogens (tertiary/aromatic N) is 1. The fourth-order valence-electron chi connectivity index (χ4n) is 4.56. The van der Waals surface area contributed by atoms with Crippen LogP contribution >= 0.6 is 23.1 Å². The number of rotatable bonds is 12. The van der Waals surface area contributed by atoms with Gasteiger partial charge in [-0.2, -0.15) is 0 Å². The number of amides is 2. The highest BCUT2D eigenvalue weighted by molar-refractivity contribution is 8.00. The topological polar surface area (TPSA) is 164 Å². The van der Waals surface area contributed by atoms with Gasteiger partial charge in [0.05, 0.1) is 36.6 Å². The SMILES string of the molecule is COc1ccc(-c2csc(NC(=O)C(Sc3cccc(NC(=O)c4ccc(C(=O)O)cc4C(=O)O)c3)c3ccccc3)n2)cc1OC. The number of carbonyl (C=O) groups is 4. The number of aromatic nitrogens is 1. The standard InChI is InChI=1S/C34H27N3O8S2/c1-44-27-14-12-20(16-28(27)45-2)26-18-46-34(36-26)37-31(39)29(19-7-4-3-5-8-19)47-23-10-6-9-22(17-23)35-30(38)24-13-11-21(32(40)41)15-25(24)33(42)43/h3-18,29H,1-2H3,(H,35,38)(H,40,41)(H,42,43)(H,36,37,39). The molecular formula is C34H27N3O8S2. The first-order valence-corrected chi connectivity index (χ1v) is 15.6. The van der Waals surface area contributed by atoms with Gasteiger partial charge in [0.2, 0.25) is 5.91 Å². The Morgan fingerprint density at radius 2 is 1.55 bits per heavy atom. The molecule has 5 aromatic rings. The predicted octanol–water partition coefficient (Wildman–Crippen LogP) is 6.95. The third-order valence-corrected chi connectivity index (χ3v) is 8.85. The van der Waals surface area contributed by atoms with E-state index < -0.39 is 28.7 Å². The van der Waals surface area contributed by atoms with Crippen LogP contribution in [0, 0.1) is 0 Å². The van der Waals surface area contributed by atoms with E-state index in [0.29, 0.717) is 32.9 Å². The summed E-state index contributed by atoms with van der Waals surface area (Å²) < 4.78 is 10.7. The Labute approximate surface area is 277 Å². The molecule has 0 spiro atoms. The van der Waals surface area contributed by atoms with Crippen molar-refractivity contribution in [2.75, 3.05) is 24.9 Å². The van der Waals surface area contributed by atoms with E-state index in [9.17, 15) is 29.4 Å². The van der Waals surface area contributed by atoms with Crippen molar-refractivity contribution in [1.82, 2.24) is 4.98 Å². The lowest BCUT2D eigenvalue weighted by Gasteiger charge is -2.17. The molecule has 0 saturated carbocycles. The van der Waals surface area contributed by atoms with Gasteiger partial charge in [0, 0.05) is 21.5 Å². The molecule has 1 unspecified atom stereocenters. The van der Waals surface area contributed by atoms with Crippen LogP contribution in [0.2, 0.25) is 0 Å². The van der Waals surface area contributed by atoms with Crippen molar-refractivity contribution in [2.24, 2.45) is 0 Å². The van der Waals surface area contributed by atoms with Crippen LogP contribution in [0.4, 0.5) is 10.8 Å². The van der Waals surface area contributed by atoms with Crippen molar-refractivity contribution < 1.29 is 38.9 Å². The molecule has 1 aromatic heterocycles. The van der Waals surface area contributed by atoms with Gasteiger partial charge in [-0.3, -0.25) is 9.59 Å². The number of thioether (sulfide) groups is 1. The quantitative estimate of drug-likeness (QED) is 0.102. The Balaban J connectivity index is 1.35. The molecule has 0 fully saturated rings. The van der Waals surface area contributed by atoms with E-state index in [0.717, 1.165) is 29.3 Å². The Hall–Kier alpha value is -5.66. The summed E-state index contributed by atoms with van der Waals surface area (Å²) in [6, 6.07) is 24.7. The van der Waals surface area contributed by atoms with E-state index in [4.69, 9.17) is 9.47 Å². The van der Waals surface area contributed by atoms with E-state index >= 15 is 0 Å². The fraction of sp³-hybridized carbons (Fsp3) is 0.0882. The predicted molar refractivity (Wildman–Crippen MR) is 179 cm³/mol. The molecular weight excluding hydrogens is 643 g/mol. The molecule has 13 heteroatoms. The third kappa shape index (κ3) is 7.77. The van der Waals surface area contributed by atoms with Gasteiger partial charge in [-0.15, -0.1) is 23.1 Å². The van der Waals surface area contributed by atoms with Crippen molar-refractivity contribution in [1.29, 1.82) is 0 Å². The minimum atomic E-state index is -1.43. The van der Waals surface area contributed by atoms with Gasteiger partial charge >= 0.3 is 11.9 Å². The molecule has 238 valence electrons. The molecule has 4 N–H and O–H groups in total. The van der Waals surface area contributed by atoms with Crippen LogP contribution in [0.5, 0.6) is 11.5 Å². The molecule has 0 saturated heterocycles. The number of ether oxygens (including phenoxy) is 2. The average Bonchev–Trinajstić information content (AvgIpc) is 3.55. The second-order valence-corrected chi connectivity index (χ2v) is 11.9. The first-order valence-electron chi connectivity index (χ1n) is 13.9. The van der Waals surface area contributed by atoms with Crippen molar-refractivity contribution in [2.45, 2.75) is 10.1 Å². The minimum Gasteiger partial charge on any atom is -0.493 e. The number of benzene rings is 4. The zero-order valence-electron chi connectivity index (χ0n) is 24.9. The summed E-state index contributed by atoms with van der Waals surface area (Å²) in [6.45, 7) is 0. The lowest BCUT2D eigenvalue weighted by molar-refractivity contribution is -0.115. The van der Waals surface area contributed by atoms with E-state index in [1.54, 1.807) is 50.6 Å².